The summed E-state index contributed by atoms with van der Waals surface area (Å²) in [5.74, 6) is 0.0599. The molecular weight excluding hydrogens is 260 g/mol. The molecule has 0 bridgehead atoms. The zero-order chi connectivity index (χ0) is 15.0. The Morgan fingerprint density at radius 3 is 2.24 bits per heavy atom. The number of β-lactam (4-membered cyclic amide) rings is 1. The van der Waals surface area contributed by atoms with Gasteiger partial charge in [0.15, 0.2) is 0 Å². The highest BCUT2D eigenvalue weighted by Gasteiger charge is 2.53. The van der Waals surface area contributed by atoms with Gasteiger partial charge in [-0.3, -0.25) is 9.78 Å². The molecule has 3 heteroatoms. The molecule has 0 N–H and O–H groups in total. The number of carbonyl (C=O) groups is 1. The smallest absolute Gasteiger partial charge is 0.233 e. The zero-order valence-corrected chi connectivity index (χ0v) is 12.7. The van der Waals surface area contributed by atoms with Crippen LogP contribution >= 0.6 is 0 Å². The molecule has 2 aromatic rings. The van der Waals surface area contributed by atoms with Crippen LogP contribution in [0.2, 0.25) is 0 Å². The summed E-state index contributed by atoms with van der Waals surface area (Å²) < 4.78 is 0. The molecule has 2 atom stereocenters. The maximum atomic E-state index is 12.7. The second kappa shape index (κ2) is 4.99. The minimum Gasteiger partial charge on any atom is -0.327 e. The van der Waals surface area contributed by atoms with Crippen LogP contribution in [-0.2, 0) is 4.79 Å². The number of hydrogen-bond acceptors (Lipinski definition) is 2. The lowest BCUT2D eigenvalue weighted by molar-refractivity contribution is -0.159. The van der Waals surface area contributed by atoms with Crippen molar-refractivity contribution >= 4 is 5.91 Å². The molecule has 2 heterocycles. The fraction of sp³-hybridized carbons (Fsp3) is 0.333. The molecule has 3 nitrogen and oxygen atoms in total. The van der Waals surface area contributed by atoms with Gasteiger partial charge in [0.05, 0.1) is 17.7 Å². The van der Waals surface area contributed by atoms with E-state index >= 15 is 0 Å². The summed E-state index contributed by atoms with van der Waals surface area (Å²) in [7, 11) is 0. The van der Waals surface area contributed by atoms with E-state index in [4.69, 9.17) is 0 Å². The molecule has 0 spiro atoms. The number of rotatable bonds is 2. The molecule has 3 rings (SSSR count). The quantitative estimate of drug-likeness (QED) is 0.788. The Labute approximate surface area is 125 Å². The highest BCUT2D eigenvalue weighted by atomic mass is 16.2. The van der Waals surface area contributed by atoms with Gasteiger partial charge in [0.1, 0.15) is 0 Å². The number of amides is 1. The van der Waals surface area contributed by atoms with Crippen LogP contribution in [0.5, 0.6) is 0 Å². The monoisotopic (exact) mass is 280 g/mol. The van der Waals surface area contributed by atoms with Crippen molar-refractivity contribution in [1.29, 1.82) is 0 Å². The van der Waals surface area contributed by atoms with Crippen LogP contribution in [0, 0.1) is 0 Å². The molecule has 1 amide bonds. The van der Waals surface area contributed by atoms with E-state index in [0.717, 1.165) is 11.3 Å². The van der Waals surface area contributed by atoms with Gasteiger partial charge < -0.3 is 4.90 Å². The van der Waals surface area contributed by atoms with Gasteiger partial charge in [-0.05, 0) is 38.5 Å². The summed E-state index contributed by atoms with van der Waals surface area (Å²) in [6.07, 6.45) is 1.79. The lowest BCUT2D eigenvalue weighted by Crippen LogP contribution is -2.61. The maximum Gasteiger partial charge on any atom is 0.233 e. The van der Waals surface area contributed by atoms with Crippen molar-refractivity contribution in [2.75, 3.05) is 0 Å². The van der Waals surface area contributed by atoms with Crippen LogP contribution in [0.4, 0.5) is 0 Å². The van der Waals surface area contributed by atoms with Crippen molar-refractivity contribution in [2.45, 2.75) is 38.3 Å². The standard InChI is InChI=1S/C18H20N2O/c1-18(2,3)20-16(14-11-7-8-12-19-14)15(17(20)21)13-9-5-4-6-10-13/h4-12,15-16H,1-3H3. The topological polar surface area (TPSA) is 33.2 Å². The van der Waals surface area contributed by atoms with Gasteiger partial charge in [-0.25, -0.2) is 0 Å². The van der Waals surface area contributed by atoms with Crippen LogP contribution in [0.25, 0.3) is 0 Å². The summed E-state index contributed by atoms with van der Waals surface area (Å²) in [6, 6.07) is 15.9. The van der Waals surface area contributed by atoms with Crippen molar-refractivity contribution in [1.82, 2.24) is 9.88 Å². The van der Waals surface area contributed by atoms with E-state index in [9.17, 15) is 4.79 Å². The van der Waals surface area contributed by atoms with Crippen molar-refractivity contribution in [2.24, 2.45) is 0 Å². The Bertz CT molecular complexity index is 631. The summed E-state index contributed by atoms with van der Waals surface area (Å²) in [6.45, 7) is 6.21. The fourth-order valence-electron chi connectivity index (χ4n) is 3.08. The minimum atomic E-state index is -0.204. The Morgan fingerprint density at radius 2 is 1.67 bits per heavy atom. The van der Waals surface area contributed by atoms with Gasteiger partial charge in [-0.2, -0.15) is 0 Å². The number of nitrogens with zero attached hydrogens (tertiary/aromatic N) is 2. The third kappa shape index (κ3) is 2.33. The van der Waals surface area contributed by atoms with Gasteiger partial charge in [-0.1, -0.05) is 36.4 Å². The van der Waals surface area contributed by atoms with E-state index in [0.29, 0.717) is 0 Å². The third-order valence-corrected chi connectivity index (χ3v) is 3.97. The first kappa shape index (κ1) is 13.8. The second-order valence-corrected chi connectivity index (χ2v) is 6.47. The van der Waals surface area contributed by atoms with Gasteiger partial charge in [0.25, 0.3) is 0 Å². The number of pyridine rings is 1. The lowest BCUT2D eigenvalue weighted by Gasteiger charge is -2.53. The molecule has 1 aromatic carbocycles. The molecule has 108 valence electrons. The zero-order valence-electron chi connectivity index (χ0n) is 12.7. The first-order valence-corrected chi connectivity index (χ1v) is 7.29. The van der Waals surface area contributed by atoms with Gasteiger partial charge in [0, 0.05) is 11.7 Å². The number of hydrogen-bond donors (Lipinski definition) is 0. The van der Waals surface area contributed by atoms with Crippen molar-refractivity contribution in [3.05, 3.63) is 66.0 Å². The fourth-order valence-corrected chi connectivity index (χ4v) is 3.08. The maximum absolute atomic E-state index is 12.7. The summed E-state index contributed by atoms with van der Waals surface area (Å²) >= 11 is 0. The first-order chi connectivity index (χ1) is 10.00. The SMILES string of the molecule is CC(C)(C)N1C(=O)C(c2ccccc2)C1c1ccccn1. The van der Waals surface area contributed by atoms with E-state index in [1.54, 1.807) is 6.20 Å². The average Bonchev–Trinajstić information content (AvgIpc) is 2.45. The van der Waals surface area contributed by atoms with Gasteiger partial charge in [-0.15, -0.1) is 0 Å². The Hall–Kier alpha value is -2.16. The summed E-state index contributed by atoms with van der Waals surface area (Å²) in [4.78, 5) is 19.1. The highest BCUT2D eigenvalue weighted by molar-refractivity contribution is 5.92. The van der Waals surface area contributed by atoms with E-state index < -0.39 is 0 Å². The second-order valence-electron chi connectivity index (χ2n) is 6.47. The molecular formula is C18H20N2O. The van der Waals surface area contributed by atoms with E-state index in [-0.39, 0.29) is 23.4 Å². The van der Waals surface area contributed by atoms with Crippen molar-refractivity contribution < 1.29 is 4.79 Å². The lowest BCUT2D eigenvalue weighted by atomic mass is 9.76. The van der Waals surface area contributed by atoms with Crippen LogP contribution in [0.1, 0.15) is 44.0 Å². The molecule has 0 radical (unpaired) electrons. The Morgan fingerprint density at radius 1 is 1.00 bits per heavy atom. The minimum absolute atomic E-state index is 0.0149. The number of carbonyl (C=O) groups excluding carboxylic acids is 1. The highest BCUT2D eigenvalue weighted by Crippen LogP contribution is 2.49. The molecule has 1 fully saturated rings. The molecule has 0 saturated carbocycles. The first-order valence-electron chi connectivity index (χ1n) is 7.29. The van der Waals surface area contributed by atoms with Crippen molar-refractivity contribution in [3.8, 4) is 0 Å². The normalized spacial score (nSPS) is 22.0. The van der Waals surface area contributed by atoms with Crippen LogP contribution < -0.4 is 0 Å². The van der Waals surface area contributed by atoms with Gasteiger partial charge >= 0.3 is 0 Å². The molecule has 1 aliphatic rings. The molecule has 2 unspecified atom stereocenters. The Balaban J connectivity index is 2.03. The Kier molecular flexibility index (Phi) is 3.28. The summed E-state index contributed by atoms with van der Waals surface area (Å²) in [5, 5.41) is 0. The molecule has 1 aliphatic heterocycles. The van der Waals surface area contributed by atoms with E-state index in [1.807, 2.05) is 53.4 Å². The molecule has 0 aliphatic carbocycles. The molecule has 21 heavy (non-hydrogen) atoms. The summed E-state index contributed by atoms with van der Waals surface area (Å²) in [5.41, 5.74) is 1.82. The third-order valence-electron chi connectivity index (χ3n) is 3.97. The predicted molar refractivity (Wildman–Crippen MR) is 82.8 cm³/mol. The van der Waals surface area contributed by atoms with E-state index in [1.165, 1.54) is 0 Å². The number of benzene rings is 1. The molecule has 1 aromatic heterocycles. The van der Waals surface area contributed by atoms with Crippen molar-refractivity contribution in [3.63, 3.8) is 0 Å². The molecule has 1 saturated heterocycles. The van der Waals surface area contributed by atoms with Crippen LogP contribution in [0.15, 0.2) is 54.7 Å². The van der Waals surface area contributed by atoms with Crippen LogP contribution in [0.3, 0.4) is 0 Å². The largest absolute Gasteiger partial charge is 0.327 e. The average molecular weight is 280 g/mol. The van der Waals surface area contributed by atoms with Crippen LogP contribution in [-0.4, -0.2) is 21.3 Å². The van der Waals surface area contributed by atoms with Gasteiger partial charge in [0.2, 0.25) is 5.91 Å². The predicted octanol–water partition coefficient (Wildman–Crippen LogP) is 3.55. The van der Waals surface area contributed by atoms with E-state index in [2.05, 4.69) is 25.8 Å². The number of aromatic nitrogens is 1. The number of likely N-dealkylation sites (tertiary alicyclic amines) is 1.